The highest BCUT2D eigenvalue weighted by Gasteiger charge is 2.22. The average Bonchev–Trinajstić information content (AvgIpc) is 3.08. The van der Waals surface area contributed by atoms with E-state index in [4.69, 9.17) is 0 Å². The summed E-state index contributed by atoms with van der Waals surface area (Å²) in [4.78, 5) is 13.9. The van der Waals surface area contributed by atoms with Crippen molar-refractivity contribution in [3.63, 3.8) is 0 Å². The molecular weight excluding hydrogens is 297 g/mol. The van der Waals surface area contributed by atoms with E-state index < -0.39 is 0 Å². The Morgan fingerprint density at radius 1 is 1.35 bits per heavy atom. The second-order valence-corrected chi connectivity index (χ2v) is 6.37. The van der Waals surface area contributed by atoms with E-state index in [2.05, 4.69) is 10.6 Å². The molecule has 2 aliphatic rings. The number of nitrogens with one attached hydrogen (secondary N) is 2. The summed E-state index contributed by atoms with van der Waals surface area (Å²) in [5.41, 5.74) is 1.33. The molecule has 5 nitrogen and oxygen atoms in total. The lowest BCUT2D eigenvalue weighted by atomic mass is 10.1. The molecule has 1 amide bonds. The SMILES string of the molecule is O=C(NCc1ccc(N2CCC(O)CC2)c(F)c1)[C@H]1CCCN1. The number of carbonyl (C=O) groups excluding carboxylic acids is 1. The number of hydrogen-bond acceptors (Lipinski definition) is 4. The molecule has 2 saturated heterocycles. The van der Waals surface area contributed by atoms with Gasteiger partial charge < -0.3 is 20.6 Å². The van der Waals surface area contributed by atoms with E-state index in [1.165, 1.54) is 6.07 Å². The van der Waals surface area contributed by atoms with Gasteiger partial charge in [-0.2, -0.15) is 0 Å². The first-order valence-corrected chi connectivity index (χ1v) is 8.36. The van der Waals surface area contributed by atoms with E-state index in [1.54, 1.807) is 6.07 Å². The zero-order chi connectivity index (χ0) is 16.2. The van der Waals surface area contributed by atoms with Gasteiger partial charge in [0.1, 0.15) is 5.82 Å². The highest BCUT2D eigenvalue weighted by Crippen LogP contribution is 2.24. The van der Waals surface area contributed by atoms with Crippen molar-refractivity contribution in [1.29, 1.82) is 0 Å². The van der Waals surface area contributed by atoms with Crippen molar-refractivity contribution in [2.45, 2.75) is 44.4 Å². The van der Waals surface area contributed by atoms with Crippen LogP contribution in [0.5, 0.6) is 0 Å². The van der Waals surface area contributed by atoms with E-state index in [0.29, 0.717) is 38.2 Å². The first-order valence-electron chi connectivity index (χ1n) is 8.36. The normalized spacial score (nSPS) is 22.3. The second-order valence-electron chi connectivity index (χ2n) is 6.37. The van der Waals surface area contributed by atoms with Crippen molar-refractivity contribution in [2.75, 3.05) is 24.5 Å². The van der Waals surface area contributed by atoms with E-state index in [-0.39, 0.29) is 23.9 Å². The maximum Gasteiger partial charge on any atom is 0.237 e. The van der Waals surface area contributed by atoms with Crippen molar-refractivity contribution < 1.29 is 14.3 Å². The molecule has 0 bridgehead atoms. The minimum Gasteiger partial charge on any atom is -0.393 e. The average molecular weight is 321 g/mol. The molecule has 0 saturated carbocycles. The smallest absolute Gasteiger partial charge is 0.237 e. The van der Waals surface area contributed by atoms with Crippen LogP contribution in [-0.4, -0.2) is 42.8 Å². The van der Waals surface area contributed by atoms with Gasteiger partial charge in [-0.05, 0) is 49.9 Å². The third-order valence-electron chi connectivity index (χ3n) is 4.66. The van der Waals surface area contributed by atoms with Crippen LogP contribution in [0.25, 0.3) is 0 Å². The number of carbonyl (C=O) groups is 1. The number of halogens is 1. The molecule has 3 N–H and O–H groups in total. The lowest BCUT2D eigenvalue weighted by molar-refractivity contribution is -0.122. The van der Waals surface area contributed by atoms with Gasteiger partial charge in [0.15, 0.2) is 0 Å². The first-order chi connectivity index (χ1) is 11.1. The third kappa shape index (κ3) is 4.00. The summed E-state index contributed by atoms with van der Waals surface area (Å²) < 4.78 is 14.3. The van der Waals surface area contributed by atoms with E-state index in [1.807, 2.05) is 11.0 Å². The van der Waals surface area contributed by atoms with Gasteiger partial charge in [0.25, 0.3) is 0 Å². The van der Waals surface area contributed by atoms with E-state index >= 15 is 0 Å². The standard InChI is InChI=1S/C17H24FN3O2/c18-14-10-12(11-20-17(23)15-2-1-7-19-15)3-4-16(14)21-8-5-13(22)6-9-21/h3-4,10,13,15,19,22H,1-2,5-9,11H2,(H,20,23)/t15-/m1/s1. The quantitative estimate of drug-likeness (QED) is 0.778. The molecule has 6 heteroatoms. The monoisotopic (exact) mass is 321 g/mol. The van der Waals surface area contributed by atoms with E-state index in [0.717, 1.165) is 24.9 Å². The number of piperidine rings is 1. The van der Waals surface area contributed by atoms with Crippen molar-refractivity contribution in [2.24, 2.45) is 0 Å². The summed E-state index contributed by atoms with van der Waals surface area (Å²) in [7, 11) is 0. The molecule has 1 atom stereocenters. The van der Waals surface area contributed by atoms with Crippen molar-refractivity contribution in [3.8, 4) is 0 Å². The minimum atomic E-state index is -0.271. The summed E-state index contributed by atoms with van der Waals surface area (Å²) in [6.45, 7) is 2.56. The zero-order valence-corrected chi connectivity index (χ0v) is 13.2. The Kier molecular flexibility index (Phi) is 5.13. The maximum absolute atomic E-state index is 14.3. The topological polar surface area (TPSA) is 64.6 Å². The number of aliphatic hydroxyl groups is 1. The zero-order valence-electron chi connectivity index (χ0n) is 13.2. The molecule has 126 valence electrons. The number of rotatable bonds is 4. The Labute approximate surface area is 135 Å². The number of nitrogens with zero attached hydrogens (tertiary/aromatic N) is 1. The van der Waals surface area contributed by atoms with E-state index in [9.17, 15) is 14.3 Å². The molecule has 2 aliphatic heterocycles. The number of benzene rings is 1. The summed E-state index contributed by atoms with van der Waals surface area (Å²) in [5, 5.41) is 15.5. The molecule has 0 aromatic heterocycles. The lowest BCUT2D eigenvalue weighted by Crippen LogP contribution is -2.40. The predicted molar refractivity (Wildman–Crippen MR) is 86.7 cm³/mol. The highest BCUT2D eigenvalue weighted by molar-refractivity contribution is 5.82. The highest BCUT2D eigenvalue weighted by atomic mass is 19.1. The van der Waals surface area contributed by atoms with Gasteiger partial charge in [0.05, 0.1) is 17.8 Å². The Bertz CT molecular complexity index is 553. The van der Waals surface area contributed by atoms with Crippen LogP contribution >= 0.6 is 0 Å². The van der Waals surface area contributed by atoms with Gasteiger partial charge in [0.2, 0.25) is 5.91 Å². The summed E-state index contributed by atoms with van der Waals surface area (Å²) in [6, 6.07) is 5.00. The fourth-order valence-electron chi connectivity index (χ4n) is 3.24. The van der Waals surface area contributed by atoms with Gasteiger partial charge in [0, 0.05) is 19.6 Å². The van der Waals surface area contributed by atoms with Crippen LogP contribution in [0.3, 0.4) is 0 Å². The molecule has 2 heterocycles. The Morgan fingerprint density at radius 2 is 2.13 bits per heavy atom. The second kappa shape index (κ2) is 7.27. The summed E-state index contributed by atoms with van der Waals surface area (Å²) in [5.74, 6) is -0.288. The number of anilines is 1. The molecule has 1 aromatic carbocycles. The molecule has 3 rings (SSSR count). The lowest BCUT2D eigenvalue weighted by Gasteiger charge is -2.31. The molecule has 0 aliphatic carbocycles. The molecule has 0 unspecified atom stereocenters. The van der Waals surface area contributed by atoms with Gasteiger partial charge in [-0.15, -0.1) is 0 Å². The number of aliphatic hydroxyl groups excluding tert-OH is 1. The fraction of sp³-hybridized carbons (Fsp3) is 0.588. The number of amides is 1. The van der Waals surface area contributed by atoms with Crippen LogP contribution in [0.1, 0.15) is 31.2 Å². The predicted octanol–water partition coefficient (Wildman–Crippen LogP) is 1.15. The molecule has 0 radical (unpaired) electrons. The van der Waals surface area contributed by atoms with Crippen LogP contribution in [0.15, 0.2) is 18.2 Å². The fourth-order valence-corrected chi connectivity index (χ4v) is 3.24. The van der Waals surface area contributed by atoms with Crippen LogP contribution in [0.4, 0.5) is 10.1 Å². The van der Waals surface area contributed by atoms with Crippen molar-refractivity contribution in [1.82, 2.24) is 10.6 Å². The van der Waals surface area contributed by atoms with Gasteiger partial charge in [-0.3, -0.25) is 4.79 Å². The van der Waals surface area contributed by atoms with Gasteiger partial charge in [-0.25, -0.2) is 4.39 Å². The molecular formula is C17H24FN3O2. The molecule has 2 fully saturated rings. The molecule has 23 heavy (non-hydrogen) atoms. The van der Waals surface area contributed by atoms with Gasteiger partial charge in [-0.1, -0.05) is 6.07 Å². The summed E-state index contributed by atoms with van der Waals surface area (Å²) in [6.07, 6.45) is 2.95. The Hall–Kier alpha value is -1.66. The Morgan fingerprint density at radius 3 is 2.78 bits per heavy atom. The van der Waals surface area contributed by atoms with Crippen LogP contribution in [0, 0.1) is 5.82 Å². The van der Waals surface area contributed by atoms with Crippen LogP contribution in [0.2, 0.25) is 0 Å². The van der Waals surface area contributed by atoms with Crippen LogP contribution < -0.4 is 15.5 Å². The Balaban J connectivity index is 1.57. The first kappa shape index (κ1) is 16.2. The largest absolute Gasteiger partial charge is 0.393 e. The third-order valence-corrected chi connectivity index (χ3v) is 4.66. The maximum atomic E-state index is 14.3. The number of hydrogen-bond donors (Lipinski definition) is 3. The summed E-state index contributed by atoms with van der Waals surface area (Å²) >= 11 is 0. The van der Waals surface area contributed by atoms with Gasteiger partial charge >= 0.3 is 0 Å². The molecule has 1 aromatic rings. The molecule has 0 spiro atoms. The van der Waals surface area contributed by atoms with Crippen LogP contribution in [-0.2, 0) is 11.3 Å². The van der Waals surface area contributed by atoms with Crippen molar-refractivity contribution in [3.05, 3.63) is 29.6 Å². The minimum absolute atomic E-state index is 0.0167. The van der Waals surface area contributed by atoms with Crippen molar-refractivity contribution >= 4 is 11.6 Å².